The van der Waals surface area contributed by atoms with Crippen molar-refractivity contribution in [1.82, 2.24) is 14.8 Å². The third-order valence-electron chi connectivity index (χ3n) is 4.32. The number of benzene rings is 1. The molecule has 0 radical (unpaired) electrons. The molecular weight excluding hydrogens is 334 g/mol. The first-order valence-electron chi connectivity index (χ1n) is 8.47. The van der Waals surface area contributed by atoms with Gasteiger partial charge in [0, 0.05) is 36.6 Å². The Morgan fingerprint density at radius 1 is 1.19 bits per heavy atom. The molecular formula is C18H19N5O3. The van der Waals surface area contributed by atoms with Crippen molar-refractivity contribution in [2.45, 2.75) is 6.54 Å². The zero-order valence-corrected chi connectivity index (χ0v) is 14.1. The van der Waals surface area contributed by atoms with Crippen LogP contribution in [0.5, 0.6) is 0 Å². The summed E-state index contributed by atoms with van der Waals surface area (Å²) in [5.41, 5.74) is 1.30. The van der Waals surface area contributed by atoms with E-state index in [0.717, 1.165) is 10.9 Å². The van der Waals surface area contributed by atoms with Crippen molar-refractivity contribution >= 4 is 28.3 Å². The van der Waals surface area contributed by atoms with Crippen LogP contribution in [0.15, 0.2) is 47.4 Å². The second kappa shape index (κ2) is 7.01. The number of nitrogens with one attached hydrogen (secondary N) is 2. The summed E-state index contributed by atoms with van der Waals surface area (Å²) in [5.74, 6) is 0.373. The molecule has 0 aliphatic carbocycles. The number of anilines is 2. The van der Waals surface area contributed by atoms with Gasteiger partial charge in [0.15, 0.2) is 0 Å². The molecule has 0 unspecified atom stereocenters. The number of amides is 1. The van der Waals surface area contributed by atoms with Crippen molar-refractivity contribution < 1.29 is 9.53 Å². The summed E-state index contributed by atoms with van der Waals surface area (Å²) in [7, 11) is 0. The Balaban J connectivity index is 1.48. The van der Waals surface area contributed by atoms with E-state index in [1.54, 1.807) is 6.07 Å². The molecule has 1 amide bonds. The quantitative estimate of drug-likeness (QED) is 0.735. The maximum atomic E-state index is 12.3. The molecule has 0 bridgehead atoms. The number of rotatable bonds is 4. The molecule has 4 rings (SSSR count). The predicted octanol–water partition coefficient (Wildman–Crippen LogP) is 1.20. The largest absolute Gasteiger partial charge is 0.378 e. The van der Waals surface area contributed by atoms with Crippen LogP contribution >= 0.6 is 0 Å². The number of morpholine rings is 1. The molecule has 0 saturated carbocycles. The lowest BCUT2D eigenvalue weighted by Gasteiger charge is -2.27. The van der Waals surface area contributed by atoms with Crippen LogP contribution in [0.1, 0.15) is 0 Å². The summed E-state index contributed by atoms with van der Waals surface area (Å²) in [6, 6.07) is 10.7. The number of hydrogen-bond donors (Lipinski definition) is 2. The topological polar surface area (TPSA) is 92.2 Å². The SMILES string of the molecule is O=C(Cn1nc(N2CCOCC2)ccc1=O)Nc1ccc2cc[nH]c2c1. The molecule has 0 spiro atoms. The molecule has 0 atom stereocenters. The second-order valence-corrected chi connectivity index (χ2v) is 6.11. The number of hydrogen-bond acceptors (Lipinski definition) is 5. The van der Waals surface area contributed by atoms with Crippen molar-refractivity contribution in [2.24, 2.45) is 0 Å². The van der Waals surface area contributed by atoms with E-state index in [2.05, 4.69) is 15.4 Å². The summed E-state index contributed by atoms with van der Waals surface area (Å²) in [4.78, 5) is 29.5. The van der Waals surface area contributed by atoms with E-state index < -0.39 is 0 Å². The molecule has 1 aliphatic rings. The van der Waals surface area contributed by atoms with E-state index in [0.29, 0.717) is 37.8 Å². The summed E-state index contributed by atoms with van der Waals surface area (Å²) in [6.07, 6.45) is 1.84. The van der Waals surface area contributed by atoms with Gasteiger partial charge < -0.3 is 19.9 Å². The average Bonchev–Trinajstić information content (AvgIpc) is 3.12. The lowest BCUT2D eigenvalue weighted by molar-refractivity contribution is -0.117. The minimum Gasteiger partial charge on any atom is -0.378 e. The van der Waals surface area contributed by atoms with Crippen LogP contribution in [-0.4, -0.2) is 47.0 Å². The van der Waals surface area contributed by atoms with Crippen LogP contribution < -0.4 is 15.8 Å². The minimum atomic E-state index is -0.308. The van der Waals surface area contributed by atoms with Crippen molar-refractivity contribution in [2.75, 3.05) is 36.5 Å². The number of ether oxygens (including phenoxy) is 1. The second-order valence-electron chi connectivity index (χ2n) is 6.11. The highest BCUT2D eigenvalue weighted by Gasteiger charge is 2.14. The Labute approximate surface area is 149 Å². The molecule has 8 heteroatoms. The fourth-order valence-corrected chi connectivity index (χ4v) is 2.97. The molecule has 3 heterocycles. The number of carbonyl (C=O) groups excluding carboxylic acids is 1. The summed E-state index contributed by atoms with van der Waals surface area (Å²) < 4.78 is 6.51. The van der Waals surface area contributed by atoms with E-state index in [9.17, 15) is 9.59 Å². The first-order chi connectivity index (χ1) is 12.7. The van der Waals surface area contributed by atoms with Gasteiger partial charge in [-0.2, -0.15) is 5.10 Å². The summed E-state index contributed by atoms with van der Waals surface area (Å²) >= 11 is 0. The molecule has 2 aromatic heterocycles. The van der Waals surface area contributed by atoms with Gasteiger partial charge in [-0.25, -0.2) is 4.68 Å². The van der Waals surface area contributed by atoms with Crippen molar-refractivity contribution in [3.63, 3.8) is 0 Å². The van der Waals surface area contributed by atoms with Gasteiger partial charge in [0.05, 0.1) is 13.2 Å². The van der Waals surface area contributed by atoms with Gasteiger partial charge in [-0.3, -0.25) is 9.59 Å². The van der Waals surface area contributed by atoms with E-state index in [1.165, 1.54) is 10.7 Å². The third kappa shape index (κ3) is 3.45. The molecule has 134 valence electrons. The Morgan fingerprint density at radius 3 is 2.88 bits per heavy atom. The van der Waals surface area contributed by atoms with E-state index in [-0.39, 0.29) is 18.0 Å². The lowest BCUT2D eigenvalue weighted by Crippen LogP contribution is -2.38. The van der Waals surface area contributed by atoms with E-state index in [1.807, 2.05) is 35.4 Å². The molecule has 1 fully saturated rings. The van der Waals surface area contributed by atoms with Crippen LogP contribution in [0.3, 0.4) is 0 Å². The normalized spacial score (nSPS) is 14.5. The number of aromatic amines is 1. The fraction of sp³-hybridized carbons (Fsp3) is 0.278. The smallest absolute Gasteiger partial charge is 0.267 e. The molecule has 26 heavy (non-hydrogen) atoms. The summed E-state index contributed by atoms with van der Waals surface area (Å²) in [6.45, 7) is 2.55. The lowest BCUT2D eigenvalue weighted by atomic mass is 10.2. The standard InChI is InChI=1S/C18H19N5O3/c24-17(20-14-2-1-13-5-6-19-15(13)11-14)12-23-18(25)4-3-16(21-23)22-7-9-26-10-8-22/h1-6,11,19H,7-10,12H2,(H,20,24). The number of nitrogens with zero attached hydrogens (tertiary/aromatic N) is 3. The maximum absolute atomic E-state index is 12.3. The van der Waals surface area contributed by atoms with Gasteiger partial charge in [0.25, 0.3) is 5.56 Å². The molecule has 1 aromatic carbocycles. The van der Waals surface area contributed by atoms with Gasteiger partial charge in [-0.05, 0) is 29.7 Å². The van der Waals surface area contributed by atoms with Crippen LogP contribution in [0.4, 0.5) is 11.5 Å². The van der Waals surface area contributed by atoms with Crippen LogP contribution in [0.25, 0.3) is 10.9 Å². The molecule has 1 aliphatic heterocycles. The number of H-pyrrole nitrogens is 1. The Morgan fingerprint density at radius 2 is 2.04 bits per heavy atom. The van der Waals surface area contributed by atoms with Crippen molar-refractivity contribution in [3.05, 3.63) is 52.9 Å². The minimum absolute atomic E-state index is 0.139. The number of aromatic nitrogens is 3. The number of fused-ring (bicyclic) bond motifs is 1. The highest BCUT2D eigenvalue weighted by atomic mass is 16.5. The van der Waals surface area contributed by atoms with E-state index >= 15 is 0 Å². The maximum Gasteiger partial charge on any atom is 0.267 e. The third-order valence-corrected chi connectivity index (χ3v) is 4.32. The molecule has 1 saturated heterocycles. The van der Waals surface area contributed by atoms with Crippen molar-refractivity contribution in [1.29, 1.82) is 0 Å². The van der Waals surface area contributed by atoms with Gasteiger partial charge in [0.2, 0.25) is 5.91 Å². The Hall–Kier alpha value is -3.13. The van der Waals surface area contributed by atoms with Gasteiger partial charge in [0.1, 0.15) is 12.4 Å². The highest BCUT2D eigenvalue weighted by molar-refractivity contribution is 5.93. The highest BCUT2D eigenvalue weighted by Crippen LogP contribution is 2.17. The zero-order chi connectivity index (χ0) is 17.9. The van der Waals surface area contributed by atoms with Crippen LogP contribution in [0.2, 0.25) is 0 Å². The average molecular weight is 353 g/mol. The molecule has 2 N–H and O–H groups in total. The number of carbonyl (C=O) groups is 1. The van der Waals surface area contributed by atoms with Gasteiger partial charge in [-0.1, -0.05) is 6.07 Å². The Kier molecular flexibility index (Phi) is 4.40. The fourth-order valence-electron chi connectivity index (χ4n) is 2.97. The van der Waals surface area contributed by atoms with E-state index in [4.69, 9.17) is 4.74 Å². The van der Waals surface area contributed by atoms with Crippen molar-refractivity contribution in [3.8, 4) is 0 Å². The molecule has 3 aromatic rings. The summed E-state index contributed by atoms with van der Waals surface area (Å²) in [5, 5.41) is 8.20. The predicted molar refractivity (Wildman–Crippen MR) is 98.5 cm³/mol. The Bertz CT molecular complexity index is 988. The van der Waals surface area contributed by atoms with Gasteiger partial charge >= 0.3 is 0 Å². The zero-order valence-electron chi connectivity index (χ0n) is 14.1. The van der Waals surface area contributed by atoms with Crippen LogP contribution in [-0.2, 0) is 16.1 Å². The first-order valence-corrected chi connectivity index (χ1v) is 8.47. The van der Waals surface area contributed by atoms with Gasteiger partial charge in [-0.15, -0.1) is 0 Å². The first kappa shape index (κ1) is 16.3. The van der Waals surface area contributed by atoms with Crippen LogP contribution in [0, 0.1) is 0 Å². The monoisotopic (exact) mass is 353 g/mol. The molecule has 8 nitrogen and oxygen atoms in total.